The summed E-state index contributed by atoms with van der Waals surface area (Å²) in [6, 6.07) is 2.69. The molecule has 27 heavy (non-hydrogen) atoms. The van der Waals surface area contributed by atoms with Crippen molar-refractivity contribution in [2.75, 3.05) is 74.6 Å². The molecule has 1 aromatic heterocycles. The maximum atomic E-state index is 9.48. The van der Waals surface area contributed by atoms with Crippen LogP contribution in [-0.4, -0.2) is 85.1 Å². The van der Waals surface area contributed by atoms with E-state index in [1.54, 1.807) is 0 Å². The molecule has 3 aliphatic heterocycles. The van der Waals surface area contributed by atoms with E-state index in [0.717, 1.165) is 76.8 Å². The minimum absolute atomic E-state index is 0.319. The molecule has 150 valence electrons. The molecule has 8 nitrogen and oxygen atoms in total. The van der Waals surface area contributed by atoms with Crippen molar-refractivity contribution in [2.45, 2.75) is 31.7 Å². The summed E-state index contributed by atoms with van der Waals surface area (Å²) >= 11 is 0. The number of aliphatic hydroxyl groups excluding tert-OH is 1. The number of aliphatic hydroxyl groups is 1. The summed E-state index contributed by atoms with van der Waals surface area (Å²) in [6.07, 6.45) is 4.64. The second-order valence-electron chi connectivity index (χ2n) is 7.95. The van der Waals surface area contributed by atoms with Crippen LogP contribution >= 0.6 is 0 Å². The second-order valence-corrected chi connectivity index (χ2v) is 7.95. The van der Waals surface area contributed by atoms with Gasteiger partial charge >= 0.3 is 0 Å². The number of piperidine rings is 2. The Morgan fingerprint density at radius 3 is 2.33 bits per heavy atom. The van der Waals surface area contributed by atoms with Crippen LogP contribution in [-0.2, 0) is 4.74 Å². The number of hydrogen-bond donors (Lipinski definition) is 2. The maximum Gasteiger partial charge on any atom is 0.223 e. The first-order valence-corrected chi connectivity index (χ1v) is 10.3. The Balaban J connectivity index is 1.38. The number of anilines is 3. The van der Waals surface area contributed by atoms with Crippen molar-refractivity contribution < 1.29 is 9.84 Å². The van der Waals surface area contributed by atoms with Gasteiger partial charge in [-0.05, 0) is 38.1 Å². The topological polar surface area (TPSA) is 91.0 Å². The first kappa shape index (κ1) is 18.7. The molecule has 8 heteroatoms. The molecule has 0 bridgehead atoms. The summed E-state index contributed by atoms with van der Waals surface area (Å²) in [7, 11) is 0. The average molecular weight is 377 g/mol. The zero-order chi connectivity index (χ0) is 18.6. The van der Waals surface area contributed by atoms with Crippen LogP contribution in [0.25, 0.3) is 0 Å². The van der Waals surface area contributed by atoms with E-state index in [1.807, 2.05) is 0 Å². The predicted octanol–water partition coefficient (Wildman–Crippen LogP) is 0.568. The highest BCUT2D eigenvalue weighted by Crippen LogP contribution is 2.27. The highest BCUT2D eigenvalue weighted by atomic mass is 16.5. The van der Waals surface area contributed by atoms with Crippen molar-refractivity contribution >= 4 is 17.6 Å². The largest absolute Gasteiger partial charge is 0.396 e. The molecule has 0 aromatic carbocycles. The lowest BCUT2D eigenvalue weighted by Gasteiger charge is -2.42. The van der Waals surface area contributed by atoms with Crippen molar-refractivity contribution in [3.8, 4) is 0 Å². The molecule has 0 radical (unpaired) electrons. The Labute approximate surface area is 161 Å². The van der Waals surface area contributed by atoms with Crippen LogP contribution in [0, 0.1) is 5.92 Å². The normalized spacial score (nSPS) is 25.7. The van der Waals surface area contributed by atoms with Crippen LogP contribution in [0.1, 0.15) is 25.7 Å². The van der Waals surface area contributed by atoms with E-state index in [-0.39, 0.29) is 0 Å². The smallest absolute Gasteiger partial charge is 0.223 e. The summed E-state index contributed by atoms with van der Waals surface area (Å²) in [5, 5.41) is 9.48. The molecule has 0 saturated carbocycles. The number of ether oxygens (including phenoxy) is 1. The quantitative estimate of drug-likeness (QED) is 0.788. The number of nitrogens with zero attached hydrogens (tertiary/aromatic N) is 5. The fourth-order valence-corrected chi connectivity index (χ4v) is 4.59. The molecule has 0 aliphatic carbocycles. The zero-order valence-electron chi connectivity index (χ0n) is 16.1. The Bertz CT molecular complexity index is 616. The van der Waals surface area contributed by atoms with Crippen LogP contribution in [0.5, 0.6) is 0 Å². The number of hydrogen-bond acceptors (Lipinski definition) is 8. The van der Waals surface area contributed by atoms with E-state index in [4.69, 9.17) is 10.5 Å². The van der Waals surface area contributed by atoms with Gasteiger partial charge in [0.15, 0.2) is 0 Å². The van der Waals surface area contributed by atoms with E-state index in [2.05, 4.69) is 30.7 Å². The fourth-order valence-electron chi connectivity index (χ4n) is 4.59. The molecule has 0 unspecified atom stereocenters. The van der Waals surface area contributed by atoms with Gasteiger partial charge in [0.05, 0.1) is 13.2 Å². The van der Waals surface area contributed by atoms with Gasteiger partial charge in [-0.2, -0.15) is 9.97 Å². The number of morpholine rings is 1. The Morgan fingerprint density at radius 1 is 1.00 bits per heavy atom. The molecule has 3 saturated heterocycles. The highest BCUT2D eigenvalue weighted by molar-refractivity contribution is 5.54. The van der Waals surface area contributed by atoms with Gasteiger partial charge in [0.25, 0.3) is 0 Å². The van der Waals surface area contributed by atoms with Gasteiger partial charge in [0.2, 0.25) is 5.95 Å². The maximum absolute atomic E-state index is 9.48. The molecule has 3 N–H and O–H groups in total. The Kier molecular flexibility index (Phi) is 5.95. The second kappa shape index (κ2) is 8.58. The lowest BCUT2D eigenvalue weighted by Crippen LogP contribution is -2.49. The number of likely N-dealkylation sites (tertiary alicyclic amines) is 1. The van der Waals surface area contributed by atoms with Crippen LogP contribution in [0.4, 0.5) is 17.6 Å². The SMILES string of the molecule is Nc1nc(N2CCOCC2)cc(N2CCC(N3CCC[C@H](CO)C3)CC2)n1. The van der Waals surface area contributed by atoms with E-state index in [9.17, 15) is 5.11 Å². The first-order valence-electron chi connectivity index (χ1n) is 10.3. The monoisotopic (exact) mass is 376 g/mol. The van der Waals surface area contributed by atoms with E-state index in [0.29, 0.717) is 24.5 Å². The van der Waals surface area contributed by atoms with E-state index >= 15 is 0 Å². The highest BCUT2D eigenvalue weighted by Gasteiger charge is 2.29. The van der Waals surface area contributed by atoms with Crippen molar-refractivity contribution in [3.63, 3.8) is 0 Å². The third-order valence-electron chi connectivity index (χ3n) is 6.16. The van der Waals surface area contributed by atoms with E-state index in [1.165, 1.54) is 13.0 Å². The van der Waals surface area contributed by atoms with Crippen molar-refractivity contribution in [2.24, 2.45) is 5.92 Å². The minimum Gasteiger partial charge on any atom is -0.396 e. The van der Waals surface area contributed by atoms with Crippen LogP contribution in [0.15, 0.2) is 6.07 Å². The molecule has 0 amide bonds. The van der Waals surface area contributed by atoms with E-state index < -0.39 is 0 Å². The lowest BCUT2D eigenvalue weighted by molar-refractivity contribution is 0.0777. The molecular weight excluding hydrogens is 344 g/mol. The van der Waals surface area contributed by atoms with Gasteiger partial charge < -0.3 is 25.4 Å². The number of nitrogen functional groups attached to an aromatic ring is 1. The van der Waals surface area contributed by atoms with Gasteiger partial charge in [-0.25, -0.2) is 0 Å². The first-order chi connectivity index (χ1) is 13.2. The van der Waals surface area contributed by atoms with Gasteiger partial charge in [0, 0.05) is 51.4 Å². The molecule has 1 atom stereocenters. The molecule has 3 aliphatic rings. The van der Waals surface area contributed by atoms with Crippen molar-refractivity contribution in [3.05, 3.63) is 6.07 Å². The molecule has 1 aromatic rings. The summed E-state index contributed by atoms with van der Waals surface area (Å²) in [4.78, 5) is 16.1. The Morgan fingerprint density at radius 2 is 1.67 bits per heavy atom. The summed E-state index contributed by atoms with van der Waals surface area (Å²) in [5.41, 5.74) is 6.01. The molecule has 4 rings (SSSR count). The Hall–Kier alpha value is -1.64. The third kappa shape index (κ3) is 4.44. The summed E-state index contributed by atoms with van der Waals surface area (Å²) in [6.45, 7) is 7.67. The molecule has 3 fully saturated rings. The zero-order valence-corrected chi connectivity index (χ0v) is 16.1. The standard InChI is InChI=1S/C19H32N6O2/c20-19-21-17(12-18(22-19)24-8-10-27-11-9-24)23-6-3-16(4-7-23)25-5-1-2-15(13-25)14-26/h12,15-16,26H,1-11,13-14H2,(H2,20,21,22)/t15-/m0/s1. The molecule has 0 spiro atoms. The molecule has 4 heterocycles. The summed E-state index contributed by atoms with van der Waals surface area (Å²) in [5.74, 6) is 2.64. The predicted molar refractivity (Wildman–Crippen MR) is 106 cm³/mol. The molecular formula is C19H32N6O2. The fraction of sp³-hybridized carbons (Fsp3) is 0.789. The van der Waals surface area contributed by atoms with Gasteiger partial charge in [-0.3, -0.25) is 4.90 Å². The lowest BCUT2D eigenvalue weighted by atomic mass is 9.94. The minimum atomic E-state index is 0.319. The number of rotatable bonds is 4. The van der Waals surface area contributed by atoms with Crippen LogP contribution < -0.4 is 15.5 Å². The van der Waals surface area contributed by atoms with Crippen molar-refractivity contribution in [1.82, 2.24) is 14.9 Å². The number of aromatic nitrogens is 2. The third-order valence-corrected chi connectivity index (χ3v) is 6.16. The number of nitrogens with two attached hydrogens (primary N) is 1. The van der Waals surface area contributed by atoms with Crippen molar-refractivity contribution in [1.29, 1.82) is 0 Å². The summed E-state index contributed by atoms with van der Waals surface area (Å²) < 4.78 is 5.44. The van der Waals surface area contributed by atoms with Gasteiger partial charge in [-0.15, -0.1) is 0 Å². The van der Waals surface area contributed by atoms with Crippen LogP contribution in [0.2, 0.25) is 0 Å². The van der Waals surface area contributed by atoms with Crippen LogP contribution in [0.3, 0.4) is 0 Å². The van der Waals surface area contributed by atoms with Gasteiger partial charge in [0.1, 0.15) is 11.6 Å². The average Bonchev–Trinajstić information content (AvgIpc) is 2.74. The van der Waals surface area contributed by atoms with Gasteiger partial charge in [-0.1, -0.05) is 0 Å².